The number of hydrogen-bond donors (Lipinski definition) is 2. The van der Waals surface area contributed by atoms with Gasteiger partial charge in [0.2, 0.25) is 0 Å². The summed E-state index contributed by atoms with van der Waals surface area (Å²) in [4.78, 5) is 14.5. The number of aryl methyl sites for hydroxylation is 1. The number of nitrogens with zero attached hydrogens (tertiary/aromatic N) is 1. The highest BCUT2D eigenvalue weighted by molar-refractivity contribution is 5.96. The Hall–Kier alpha value is -3.11. The van der Waals surface area contributed by atoms with Gasteiger partial charge < -0.3 is 16.0 Å². The van der Waals surface area contributed by atoms with Crippen LogP contribution in [0.3, 0.4) is 0 Å². The summed E-state index contributed by atoms with van der Waals surface area (Å²) in [5, 5.41) is 2.98. The molecule has 3 N–H and O–H groups in total. The van der Waals surface area contributed by atoms with Crippen LogP contribution in [0.4, 0.5) is 5.69 Å². The second-order valence-electron chi connectivity index (χ2n) is 9.80. The number of anilines is 1. The van der Waals surface area contributed by atoms with E-state index in [0.29, 0.717) is 12.1 Å². The molecule has 0 aromatic heterocycles. The molecule has 4 nitrogen and oxygen atoms in total. The van der Waals surface area contributed by atoms with Gasteiger partial charge in [-0.05, 0) is 117 Å². The van der Waals surface area contributed by atoms with Gasteiger partial charge in [-0.1, -0.05) is 37.8 Å². The van der Waals surface area contributed by atoms with Crippen LogP contribution in [0, 0.1) is 6.92 Å². The van der Waals surface area contributed by atoms with Crippen molar-refractivity contribution >= 4 is 28.3 Å². The quantitative estimate of drug-likeness (QED) is 0.399. The van der Waals surface area contributed by atoms with Gasteiger partial charge in [0.25, 0.3) is 5.91 Å². The van der Waals surface area contributed by atoms with E-state index in [-0.39, 0.29) is 5.91 Å². The first-order valence-electron chi connectivity index (χ1n) is 12.8. The van der Waals surface area contributed by atoms with Gasteiger partial charge >= 0.3 is 0 Å². The smallest absolute Gasteiger partial charge is 0.251 e. The highest BCUT2D eigenvalue weighted by atomic mass is 16.1. The Balaban J connectivity index is 1.97. The number of benzene rings is 2. The molecule has 0 saturated heterocycles. The highest BCUT2D eigenvalue weighted by Gasteiger charge is 2.23. The van der Waals surface area contributed by atoms with Gasteiger partial charge in [-0.2, -0.15) is 0 Å². The minimum Gasteiger partial charge on any atom is -0.398 e. The van der Waals surface area contributed by atoms with Gasteiger partial charge in [-0.15, -0.1) is 0 Å². The zero-order valence-corrected chi connectivity index (χ0v) is 22.1. The summed E-state index contributed by atoms with van der Waals surface area (Å²) in [7, 11) is 3.99. The van der Waals surface area contributed by atoms with Crippen LogP contribution < -0.4 is 11.1 Å². The molecule has 0 heterocycles. The third-order valence-corrected chi connectivity index (χ3v) is 6.82. The zero-order valence-electron chi connectivity index (χ0n) is 22.1. The normalized spacial score (nSPS) is 14.4. The fraction of sp³-hybridized carbons (Fsp3) is 0.387. The number of carbonyl (C=O) groups is 1. The van der Waals surface area contributed by atoms with Crippen molar-refractivity contribution in [2.45, 2.75) is 52.9 Å². The van der Waals surface area contributed by atoms with Crippen molar-refractivity contribution in [1.29, 1.82) is 0 Å². The summed E-state index contributed by atoms with van der Waals surface area (Å²) < 4.78 is 0. The molecular formula is C31H41N3O. The van der Waals surface area contributed by atoms with Crippen LogP contribution in [0.15, 0.2) is 54.6 Å². The van der Waals surface area contributed by atoms with Crippen molar-refractivity contribution < 1.29 is 4.79 Å². The lowest BCUT2D eigenvalue weighted by molar-refractivity contribution is 0.0951. The third kappa shape index (κ3) is 6.32. The predicted octanol–water partition coefficient (Wildman–Crippen LogP) is 6.72. The molecule has 0 bridgehead atoms. The van der Waals surface area contributed by atoms with E-state index in [1.165, 1.54) is 39.8 Å². The van der Waals surface area contributed by atoms with E-state index in [4.69, 9.17) is 5.73 Å². The van der Waals surface area contributed by atoms with Crippen LogP contribution in [-0.4, -0.2) is 38.0 Å². The maximum atomic E-state index is 12.5. The topological polar surface area (TPSA) is 58.4 Å². The molecule has 0 spiro atoms. The number of hydrogen-bond acceptors (Lipinski definition) is 3. The number of likely N-dealkylation sites (N-methyl/N-ethyl adjacent to an activating group) is 1. The summed E-state index contributed by atoms with van der Waals surface area (Å²) in [5.41, 5.74) is 17.8. The average Bonchev–Trinajstić information content (AvgIpc) is 2.84. The van der Waals surface area contributed by atoms with Crippen LogP contribution in [0.2, 0.25) is 0 Å². The number of amides is 1. The predicted molar refractivity (Wildman–Crippen MR) is 151 cm³/mol. The Kier molecular flexibility index (Phi) is 9.11. The van der Waals surface area contributed by atoms with E-state index in [2.05, 4.69) is 49.7 Å². The lowest BCUT2D eigenvalue weighted by Crippen LogP contribution is -2.31. The number of carbonyl (C=O) groups excluding carboxylic acids is 1. The van der Waals surface area contributed by atoms with E-state index < -0.39 is 0 Å². The van der Waals surface area contributed by atoms with Crippen molar-refractivity contribution in [2.24, 2.45) is 0 Å². The molecule has 1 amide bonds. The van der Waals surface area contributed by atoms with Crippen molar-refractivity contribution in [1.82, 2.24) is 10.2 Å². The Labute approximate surface area is 211 Å². The fourth-order valence-corrected chi connectivity index (χ4v) is 4.95. The van der Waals surface area contributed by atoms with Gasteiger partial charge in [0.1, 0.15) is 0 Å². The minimum atomic E-state index is -0.0419. The largest absolute Gasteiger partial charge is 0.398 e. The second kappa shape index (κ2) is 12.0. The van der Waals surface area contributed by atoms with Crippen molar-refractivity contribution in [3.8, 4) is 0 Å². The van der Waals surface area contributed by atoms with E-state index in [9.17, 15) is 4.79 Å². The molecule has 4 heteroatoms. The first kappa shape index (κ1) is 26.5. The molecule has 0 aliphatic heterocycles. The summed E-state index contributed by atoms with van der Waals surface area (Å²) in [6.45, 7) is 12.5. The van der Waals surface area contributed by atoms with Crippen LogP contribution >= 0.6 is 0 Å². The summed E-state index contributed by atoms with van der Waals surface area (Å²) >= 11 is 0. The van der Waals surface area contributed by atoms with E-state index in [1.807, 2.05) is 44.4 Å². The molecule has 35 heavy (non-hydrogen) atoms. The van der Waals surface area contributed by atoms with Crippen molar-refractivity contribution in [3.05, 3.63) is 82.4 Å². The molecule has 0 atom stereocenters. The second-order valence-corrected chi connectivity index (χ2v) is 9.80. The Bertz CT molecular complexity index is 1140. The van der Waals surface area contributed by atoms with Gasteiger partial charge in [0.05, 0.1) is 0 Å². The number of nitrogen functional groups attached to an aromatic ring is 1. The lowest BCUT2D eigenvalue weighted by Gasteiger charge is -2.27. The lowest BCUT2D eigenvalue weighted by atomic mass is 9.78. The third-order valence-electron chi connectivity index (χ3n) is 6.82. The maximum Gasteiger partial charge on any atom is 0.251 e. The number of nitrogens with one attached hydrogen (secondary N) is 1. The summed E-state index contributed by atoms with van der Waals surface area (Å²) in [6.07, 6.45) is 7.59. The molecule has 0 saturated carbocycles. The molecule has 0 unspecified atom stereocenters. The maximum absolute atomic E-state index is 12.5. The van der Waals surface area contributed by atoms with Crippen LogP contribution in [0.1, 0.15) is 78.6 Å². The standard InChI is InChI=1S/C31H41N3O/c1-7-10-21(2)30-28(32)18-13-22(3)29(30)27-12-9-8-11-26(27)23(4)24-14-16-25(17-15-24)31(35)33-19-20-34(5)6/h10,13-18H,4,7-9,11-12,19-20,32H2,1-3,5-6H3,(H,33,35)/b21-10+. The molecule has 0 fully saturated rings. The molecule has 186 valence electrons. The molecular weight excluding hydrogens is 430 g/mol. The first-order chi connectivity index (χ1) is 16.7. The summed E-state index contributed by atoms with van der Waals surface area (Å²) in [5.74, 6) is -0.0419. The van der Waals surface area contributed by atoms with E-state index in [1.54, 1.807) is 0 Å². The molecule has 0 radical (unpaired) electrons. The van der Waals surface area contributed by atoms with Gasteiger partial charge in [0.15, 0.2) is 0 Å². The molecule has 1 aliphatic rings. The highest BCUT2D eigenvalue weighted by Crippen LogP contribution is 2.43. The molecule has 1 aliphatic carbocycles. The minimum absolute atomic E-state index is 0.0419. The number of rotatable bonds is 9. The molecule has 2 aromatic rings. The molecule has 3 rings (SSSR count). The Morgan fingerprint density at radius 1 is 1.09 bits per heavy atom. The van der Waals surface area contributed by atoms with Gasteiger partial charge in [-0.3, -0.25) is 4.79 Å². The first-order valence-corrected chi connectivity index (χ1v) is 12.8. The Morgan fingerprint density at radius 2 is 1.74 bits per heavy atom. The van der Waals surface area contributed by atoms with Crippen molar-refractivity contribution in [2.75, 3.05) is 32.9 Å². The molecule has 2 aromatic carbocycles. The van der Waals surface area contributed by atoms with Gasteiger partial charge in [0, 0.05) is 29.9 Å². The zero-order chi connectivity index (χ0) is 25.5. The van der Waals surface area contributed by atoms with Crippen LogP contribution in [0.25, 0.3) is 16.7 Å². The van der Waals surface area contributed by atoms with Crippen LogP contribution in [0.5, 0.6) is 0 Å². The monoisotopic (exact) mass is 471 g/mol. The van der Waals surface area contributed by atoms with Gasteiger partial charge in [-0.25, -0.2) is 0 Å². The van der Waals surface area contributed by atoms with Crippen LogP contribution in [-0.2, 0) is 0 Å². The van der Waals surface area contributed by atoms with Crippen molar-refractivity contribution in [3.63, 3.8) is 0 Å². The van der Waals surface area contributed by atoms with E-state index in [0.717, 1.165) is 49.1 Å². The fourth-order valence-electron chi connectivity index (χ4n) is 4.95. The SMILES string of the molecule is C=C(C1=C(c2c(C)ccc(N)c2/C(C)=C/CC)CCCC1)c1ccc(C(=O)NCCN(C)C)cc1. The van der Waals surface area contributed by atoms with E-state index >= 15 is 0 Å². The average molecular weight is 472 g/mol. The summed E-state index contributed by atoms with van der Waals surface area (Å²) in [6, 6.07) is 12.0. The Morgan fingerprint density at radius 3 is 2.40 bits per heavy atom. The number of allylic oxidation sites excluding steroid dienone is 5. The number of nitrogens with two attached hydrogens (primary N) is 1.